The Kier molecular flexibility index (Phi) is 9.27. The number of anilines is 1. The fourth-order valence-electron chi connectivity index (χ4n) is 4.99. The van der Waals surface area contributed by atoms with Crippen molar-refractivity contribution in [1.82, 2.24) is 24.6 Å². The van der Waals surface area contributed by atoms with Gasteiger partial charge in [-0.15, -0.1) is 5.10 Å². The SMILES string of the molecule is CC(=O)Nc1cc(-c2cc(-c3ncn(COCC[Si](C)(C)C)n3)c(-c3cc(CN4CCCC4)ccc3Cl)o2)c(C)cn1. The summed E-state index contributed by atoms with van der Waals surface area (Å²) in [6.45, 7) is 14.5. The number of carbonyl (C=O) groups excluding carboxylic acids is 1. The van der Waals surface area contributed by atoms with Crippen molar-refractivity contribution in [2.45, 2.75) is 65.6 Å². The molecule has 3 aromatic heterocycles. The van der Waals surface area contributed by atoms with Crippen LogP contribution in [-0.2, 0) is 22.8 Å². The van der Waals surface area contributed by atoms with Gasteiger partial charge < -0.3 is 14.5 Å². The lowest BCUT2D eigenvalue weighted by atomic mass is 10.0. The number of halogens is 1. The molecular formula is C31H39ClN6O3Si. The van der Waals surface area contributed by atoms with Crippen molar-refractivity contribution >= 4 is 31.4 Å². The maximum Gasteiger partial charge on any atom is 0.222 e. The van der Waals surface area contributed by atoms with Crippen LogP contribution in [0, 0.1) is 6.92 Å². The third-order valence-corrected chi connectivity index (χ3v) is 9.32. The Bertz CT molecular complexity index is 1550. The van der Waals surface area contributed by atoms with E-state index < -0.39 is 8.07 Å². The second kappa shape index (κ2) is 12.9. The molecule has 1 saturated heterocycles. The predicted octanol–water partition coefficient (Wildman–Crippen LogP) is 7.10. The van der Waals surface area contributed by atoms with Crippen molar-refractivity contribution < 1.29 is 13.9 Å². The van der Waals surface area contributed by atoms with Crippen molar-refractivity contribution in [3.05, 3.63) is 59.0 Å². The van der Waals surface area contributed by atoms with E-state index in [4.69, 9.17) is 25.9 Å². The minimum atomic E-state index is -1.18. The monoisotopic (exact) mass is 606 g/mol. The van der Waals surface area contributed by atoms with Gasteiger partial charge in [-0.25, -0.2) is 14.6 Å². The highest BCUT2D eigenvalue weighted by atomic mass is 35.5. The van der Waals surface area contributed by atoms with Crippen molar-refractivity contribution in [2.24, 2.45) is 0 Å². The Morgan fingerprint density at radius 2 is 1.88 bits per heavy atom. The number of carbonyl (C=O) groups is 1. The number of furan rings is 1. The molecule has 9 nitrogen and oxygen atoms in total. The van der Waals surface area contributed by atoms with E-state index in [1.165, 1.54) is 25.3 Å². The zero-order valence-electron chi connectivity index (χ0n) is 25.0. The van der Waals surface area contributed by atoms with Crippen LogP contribution in [0.4, 0.5) is 5.82 Å². The molecule has 222 valence electrons. The van der Waals surface area contributed by atoms with Crippen molar-refractivity contribution in [2.75, 3.05) is 25.0 Å². The van der Waals surface area contributed by atoms with Gasteiger partial charge in [0.1, 0.15) is 30.4 Å². The summed E-state index contributed by atoms with van der Waals surface area (Å²) in [5.74, 6) is 1.97. The second-order valence-corrected chi connectivity index (χ2v) is 18.2. The number of aryl methyl sites for hydroxylation is 1. The highest BCUT2D eigenvalue weighted by Gasteiger charge is 2.23. The van der Waals surface area contributed by atoms with Gasteiger partial charge in [0.25, 0.3) is 0 Å². The number of ether oxygens (including phenoxy) is 1. The number of hydrogen-bond acceptors (Lipinski definition) is 7. The van der Waals surface area contributed by atoms with Crippen molar-refractivity contribution in [3.63, 3.8) is 0 Å². The van der Waals surface area contributed by atoms with Crippen LogP contribution >= 0.6 is 11.6 Å². The van der Waals surface area contributed by atoms with Crippen LogP contribution in [0.5, 0.6) is 0 Å². The predicted molar refractivity (Wildman–Crippen MR) is 169 cm³/mol. The first-order valence-corrected chi connectivity index (χ1v) is 18.5. The fourth-order valence-corrected chi connectivity index (χ4v) is 5.95. The summed E-state index contributed by atoms with van der Waals surface area (Å²) in [5, 5.41) is 8.08. The fraction of sp³-hybridized carbons (Fsp3) is 0.419. The maximum atomic E-state index is 11.7. The van der Waals surface area contributed by atoms with Crippen LogP contribution in [0.1, 0.15) is 30.9 Å². The summed E-state index contributed by atoms with van der Waals surface area (Å²) in [7, 11) is -1.18. The van der Waals surface area contributed by atoms with Crippen LogP contribution in [0.3, 0.4) is 0 Å². The highest BCUT2D eigenvalue weighted by Crippen LogP contribution is 2.41. The summed E-state index contributed by atoms with van der Waals surface area (Å²) in [6.07, 6.45) is 5.86. The molecule has 0 spiro atoms. The molecule has 1 amide bonds. The number of hydrogen-bond donors (Lipinski definition) is 1. The second-order valence-electron chi connectivity index (χ2n) is 12.2. The van der Waals surface area contributed by atoms with Crippen LogP contribution in [-0.4, -0.2) is 58.3 Å². The molecular weight excluding hydrogens is 568 g/mol. The molecule has 1 aromatic carbocycles. The molecule has 4 aromatic rings. The molecule has 0 unspecified atom stereocenters. The Labute approximate surface area is 253 Å². The molecule has 42 heavy (non-hydrogen) atoms. The molecule has 1 N–H and O–H groups in total. The summed E-state index contributed by atoms with van der Waals surface area (Å²) in [4.78, 5) is 23.1. The van der Waals surface area contributed by atoms with Crippen LogP contribution in [0.25, 0.3) is 34.0 Å². The summed E-state index contributed by atoms with van der Waals surface area (Å²) < 4.78 is 14.2. The van der Waals surface area contributed by atoms with Gasteiger partial charge in [0.15, 0.2) is 5.82 Å². The Morgan fingerprint density at radius 1 is 1.10 bits per heavy atom. The van der Waals surface area contributed by atoms with E-state index in [0.29, 0.717) is 41.5 Å². The number of aromatic nitrogens is 4. The van der Waals surface area contributed by atoms with E-state index in [2.05, 4.69) is 52.0 Å². The quantitative estimate of drug-likeness (QED) is 0.144. The van der Waals surface area contributed by atoms with E-state index in [1.54, 1.807) is 17.2 Å². The lowest BCUT2D eigenvalue weighted by molar-refractivity contribution is -0.114. The molecule has 11 heteroatoms. The minimum Gasteiger partial charge on any atom is -0.455 e. The summed E-state index contributed by atoms with van der Waals surface area (Å²) in [5.41, 5.74) is 4.39. The zero-order valence-corrected chi connectivity index (χ0v) is 26.8. The number of nitrogens with one attached hydrogen (secondary N) is 1. The first-order chi connectivity index (χ1) is 20.1. The number of pyridine rings is 1. The average molecular weight is 607 g/mol. The minimum absolute atomic E-state index is 0.193. The third kappa shape index (κ3) is 7.55. The van der Waals surface area contributed by atoms with E-state index in [1.807, 2.05) is 25.1 Å². The average Bonchev–Trinajstić information content (AvgIpc) is 3.69. The summed E-state index contributed by atoms with van der Waals surface area (Å²) >= 11 is 6.81. The smallest absolute Gasteiger partial charge is 0.222 e. The normalized spacial score (nSPS) is 14.0. The van der Waals surface area contributed by atoms with Gasteiger partial charge in [-0.1, -0.05) is 37.3 Å². The topological polar surface area (TPSA) is 98.3 Å². The number of benzene rings is 1. The van der Waals surface area contributed by atoms with Gasteiger partial charge in [-0.05, 0) is 74.3 Å². The van der Waals surface area contributed by atoms with E-state index in [-0.39, 0.29) is 5.91 Å². The molecule has 0 aliphatic carbocycles. The van der Waals surface area contributed by atoms with Crippen LogP contribution in [0.2, 0.25) is 30.7 Å². The highest BCUT2D eigenvalue weighted by molar-refractivity contribution is 6.76. The first kappa shape index (κ1) is 30.2. The molecule has 1 aliphatic rings. The largest absolute Gasteiger partial charge is 0.455 e. The van der Waals surface area contributed by atoms with E-state index >= 15 is 0 Å². The van der Waals surface area contributed by atoms with Gasteiger partial charge >= 0.3 is 0 Å². The zero-order chi connectivity index (χ0) is 29.9. The van der Waals surface area contributed by atoms with Gasteiger partial charge in [0.05, 0.1) is 10.6 Å². The number of amides is 1. The molecule has 0 bridgehead atoms. The number of rotatable bonds is 11. The maximum absolute atomic E-state index is 11.7. The van der Waals surface area contributed by atoms with E-state index in [9.17, 15) is 4.79 Å². The van der Waals surface area contributed by atoms with Crippen molar-refractivity contribution in [3.8, 4) is 34.0 Å². The lowest BCUT2D eigenvalue weighted by Gasteiger charge is -2.15. The standard InChI is InChI=1S/C31H39ClN6O3Si/c1-21-17-33-29(35-22(2)39)16-24(21)28-15-26(31-34-19-38(36-31)20-40-12-13-42(3,4)5)30(41-28)25-14-23(8-9-27(25)32)18-37-10-6-7-11-37/h8-9,14-17,19H,6-7,10-13,18,20H2,1-5H3,(H,33,35,39). The molecule has 5 rings (SSSR count). The lowest BCUT2D eigenvalue weighted by Crippen LogP contribution is -2.22. The summed E-state index contributed by atoms with van der Waals surface area (Å²) in [6, 6.07) is 10.9. The van der Waals surface area contributed by atoms with Crippen LogP contribution in [0.15, 0.2) is 47.3 Å². The molecule has 0 saturated carbocycles. The van der Waals surface area contributed by atoms with Gasteiger partial charge in [0, 0.05) is 45.5 Å². The molecule has 1 aliphatic heterocycles. The molecule has 0 atom stereocenters. The van der Waals surface area contributed by atoms with Gasteiger partial charge in [-0.2, -0.15) is 0 Å². The third-order valence-electron chi connectivity index (χ3n) is 7.28. The van der Waals surface area contributed by atoms with Gasteiger partial charge in [-0.3, -0.25) is 9.69 Å². The van der Waals surface area contributed by atoms with E-state index in [0.717, 1.165) is 47.9 Å². The van der Waals surface area contributed by atoms with Crippen LogP contribution < -0.4 is 5.32 Å². The first-order valence-electron chi connectivity index (χ1n) is 14.4. The Morgan fingerprint density at radius 3 is 2.62 bits per heavy atom. The molecule has 0 radical (unpaired) electrons. The molecule has 1 fully saturated rings. The Hall–Kier alpha value is -3.31. The number of nitrogens with zero attached hydrogens (tertiary/aromatic N) is 5. The van der Waals surface area contributed by atoms with Crippen molar-refractivity contribution in [1.29, 1.82) is 0 Å². The number of likely N-dealkylation sites (tertiary alicyclic amines) is 1. The molecule has 4 heterocycles. The Balaban J connectivity index is 1.52. The van der Waals surface area contributed by atoms with Gasteiger partial charge in [0.2, 0.25) is 5.91 Å².